The van der Waals surface area contributed by atoms with Gasteiger partial charge in [-0.1, -0.05) is 11.3 Å². The monoisotopic (exact) mass is 171 g/mol. The molecule has 1 N–H and O–H groups in total. The Balaban J connectivity index is 2.07. The topological polar surface area (TPSA) is 49.2 Å². The third-order valence-electron chi connectivity index (χ3n) is 1.65. The zero-order chi connectivity index (χ0) is 7.84. The highest BCUT2D eigenvalue weighted by Crippen LogP contribution is 2.23. The summed E-state index contributed by atoms with van der Waals surface area (Å²) in [4.78, 5) is 2.02. The standard InChI is InChI=1S/C6H9N3OS/c1-4-7-8-6(11-4)9-2-5(10)3-9/h5,10H,2-3H2,1H3. The lowest BCUT2D eigenvalue weighted by molar-refractivity contribution is 0.141. The van der Waals surface area contributed by atoms with E-state index < -0.39 is 0 Å². The van der Waals surface area contributed by atoms with Gasteiger partial charge in [0.1, 0.15) is 5.01 Å². The number of nitrogens with zero attached hydrogens (tertiary/aromatic N) is 3. The highest BCUT2D eigenvalue weighted by Gasteiger charge is 2.26. The molecule has 1 fully saturated rings. The normalized spacial score (nSPS) is 18.5. The number of aryl methyl sites for hydroxylation is 1. The number of aliphatic hydroxyl groups excluding tert-OH is 1. The molecule has 5 heteroatoms. The van der Waals surface area contributed by atoms with Crippen molar-refractivity contribution in [1.29, 1.82) is 0 Å². The summed E-state index contributed by atoms with van der Waals surface area (Å²) >= 11 is 1.57. The number of β-amino-alcohol motifs (C(OH)–C–C–N with tert-alkyl or cyclic N) is 1. The minimum absolute atomic E-state index is 0.167. The third kappa shape index (κ3) is 1.21. The first-order valence-corrected chi connectivity index (χ1v) is 4.30. The van der Waals surface area contributed by atoms with Gasteiger partial charge < -0.3 is 10.0 Å². The summed E-state index contributed by atoms with van der Waals surface area (Å²) in [7, 11) is 0. The highest BCUT2D eigenvalue weighted by atomic mass is 32.1. The van der Waals surface area contributed by atoms with Crippen LogP contribution < -0.4 is 4.90 Å². The smallest absolute Gasteiger partial charge is 0.208 e. The van der Waals surface area contributed by atoms with E-state index in [9.17, 15) is 0 Å². The van der Waals surface area contributed by atoms with Gasteiger partial charge in [-0.05, 0) is 6.92 Å². The second-order valence-electron chi connectivity index (χ2n) is 2.66. The highest BCUT2D eigenvalue weighted by molar-refractivity contribution is 7.15. The van der Waals surface area contributed by atoms with Crippen LogP contribution in [0.15, 0.2) is 0 Å². The fraction of sp³-hybridized carbons (Fsp3) is 0.667. The Morgan fingerprint density at radius 3 is 2.73 bits per heavy atom. The van der Waals surface area contributed by atoms with Crippen molar-refractivity contribution in [3.8, 4) is 0 Å². The van der Waals surface area contributed by atoms with Gasteiger partial charge in [0.2, 0.25) is 5.13 Å². The summed E-state index contributed by atoms with van der Waals surface area (Å²) in [5.41, 5.74) is 0. The first-order valence-electron chi connectivity index (χ1n) is 3.49. The van der Waals surface area contributed by atoms with E-state index in [1.165, 1.54) is 0 Å². The van der Waals surface area contributed by atoms with E-state index in [1.807, 2.05) is 11.8 Å². The molecule has 0 radical (unpaired) electrons. The molecule has 0 aliphatic carbocycles. The number of anilines is 1. The van der Waals surface area contributed by atoms with Gasteiger partial charge >= 0.3 is 0 Å². The molecule has 2 rings (SSSR count). The van der Waals surface area contributed by atoms with Crippen molar-refractivity contribution in [2.24, 2.45) is 0 Å². The van der Waals surface area contributed by atoms with E-state index in [1.54, 1.807) is 11.3 Å². The summed E-state index contributed by atoms with van der Waals surface area (Å²) in [6.07, 6.45) is -0.167. The zero-order valence-electron chi connectivity index (χ0n) is 6.19. The molecule has 0 spiro atoms. The number of aromatic nitrogens is 2. The fourth-order valence-electron chi connectivity index (χ4n) is 1.03. The average molecular weight is 171 g/mol. The lowest BCUT2D eigenvalue weighted by atomic mass is 10.2. The molecule has 1 aromatic heterocycles. The van der Waals surface area contributed by atoms with Crippen LogP contribution >= 0.6 is 11.3 Å². The first-order chi connectivity index (χ1) is 5.25. The van der Waals surface area contributed by atoms with Crippen molar-refractivity contribution in [2.75, 3.05) is 18.0 Å². The van der Waals surface area contributed by atoms with Crippen LogP contribution in [0.3, 0.4) is 0 Å². The van der Waals surface area contributed by atoms with Gasteiger partial charge in [0.05, 0.1) is 6.10 Å². The zero-order valence-corrected chi connectivity index (χ0v) is 7.01. The van der Waals surface area contributed by atoms with Crippen LogP contribution in [0.1, 0.15) is 5.01 Å². The van der Waals surface area contributed by atoms with Crippen LogP contribution in [-0.2, 0) is 0 Å². The molecule has 1 aliphatic heterocycles. The van der Waals surface area contributed by atoms with Crippen molar-refractivity contribution in [3.63, 3.8) is 0 Å². The van der Waals surface area contributed by atoms with E-state index in [4.69, 9.17) is 5.11 Å². The van der Waals surface area contributed by atoms with Crippen LogP contribution in [-0.4, -0.2) is 34.5 Å². The second kappa shape index (κ2) is 2.42. The quantitative estimate of drug-likeness (QED) is 0.647. The van der Waals surface area contributed by atoms with E-state index in [-0.39, 0.29) is 6.10 Å². The maximum Gasteiger partial charge on any atom is 0.208 e. The third-order valence-corrected chi connectivity index (χ3v) is 2.55. The van der Waals surface area contributed by atoms with Crippen molar-refractivity contribution in [1.82, 2.24) is 10.2 Å². The van der Waals surface area contributed by atoms with Crippen LogP contribution in [0, 0.1) is 6.92 Å². The molecule has 2 heterocycles. The Kier molecular flexibility index (Phi) is 1.54. The Morgan fingerprint density at radius 1 is 1.55 bits per heavy atom. The maximum atomic E-state index is 9.00. The molecular weight excluding hydrogens is 162 g/mol. The number of hydrogen-bond acceptors (Lipinski definition) is 5. The molecule has 0 atom stereocenters. The molecule has 4 nitrogen and oxygen atoms in total. The molecule has 0 bridgehead atoms. The maximum absolute atomic E-state index is 9.00. The second-order valence-corrected chi connectivity index (χ2v) is 3.82. The van der Waals surface area contributed by atoms with E-state index in [2.05, 4.69) is 10.2 Å². The van der Waals surface area contributed by atoms with E-state index >= 15 is 0 Å². The van der Waals surface area contributed by atoms with Gasteiger partial charge in [-0.25, -0.2) is 0 Å². The molecular formula is C6H9N3OS. The average Bonchev–Trinajstić information content (AvgIpc) is 2.29. The lowest BCUT2D eigenvalue weighted by Gasteiger charge is -2.34. The molecule has 11 heavy (non-hydrogen) atoms. The van der Waals surface area contributed by atoms with Crippen molar-refractivity contribution in [3.05, 3.63) is 5.01 Å². The van der Waals surface area contributed by atoms with Crippen molar-refractivity contribution >= 4 is 16.5 Å². The number of hydrogen-bond donors (Lipinski definition) is 1. The Morgan fingerprint density at radius 2 is 2.27 bits per heavy atom. The van der Waals surface area contributed by atoms with Gasteiger partial charge in [-0.15, -0.1) is 10.2 Å². The summed E-state index contributed by atoms with van der Waals surface area (Å²) in [5, 5.41) is 18.7. The van der Waals surface area contributed by atoms with Crippen LogP contribution in [0.4, 0.5) is 5.13 Å². The largest absolute Gasteiger partial charge is 0.389 e. The Bertz CT molecular complexity index is 256. The van der Waals surface area contributed by atoms with Crippen molar-refractivity contribution < 1.29 is 5.11 Å². The van der Waals surface area contributed by atoms with Crippen LogP contribution in [0.2, 0.25) is 0 Å². The molecule has 0 aromatic carbocycles. The molecule has 1 aliphatic rings. The van der Waals surface area contributed by atoms with Gasteiger partial charge in [0.15, 0.2) is 0 Å². The van der Waals surface area contributed by atoms with Crippen molar-refractivity contribution in [2.45, 2.75) is 13.0 Å². The first kappa shape index (κ1) is 7.00. The molecule has 1 saturated heterocycles. The fourth-order valence-corrected chi connectivity index (χ4v) is 1.73. The molecule has 60 valence electrons. The van der Waals surface area contributed by atoms with Gasteiger partial charge in [-0.2, -0.15) is 0 Å². The van der Waals surface area contributed by atoms with E-state index in [0.29, 0.717) is 13.1 Å². The number of rotatable bonds is 1. The minimum atomic E-state index is -0.167. The number of aliphatic hydroxyl groups is 1. The molecule has 1 aromatic rings. The van der Waals surface area contributed by atoms with Gasteiger partial charge in [0, 0.05) is 13.1 Å². The lowest BCUT2D eigenvalue weighted by Crippen LogP contribution is -2.50. The summed E-state index contributed by atoms with van der Waals surface area (Å²) in [6, 6.07) is 0. The van der Waals surface area contributed by atoms with Crippen LogP contribution in [0.5, 0.6) is 0 Å². The molecule has 0 amide bonds. The summed E-state index contributed by atoms with van der Waals surface area (Å²) in [5.74, 6) is 0. The Hall–Kier alpha value is -0.680. The predicted octanol–water partition coefficient (Wildman–Crippen LogP) is 0.0274. The minimum Gasteiger partial charge on any atom is -0.389 e. The van der Waals surface area contributed by atoms with Gasteiger partial charge in [-0.3, -0.25) is 0 Å². The molecule has 0 unspecified atom stereocenters. The molecule has 0 saturated carbocycles. The summed E-state index contributed by atoms with van der Waals surface area (Å²) in [6.45, 7) is 3.33. The van der Waals surface area contributed by atoms with Gasteiger partial charge in [0.25, 0.3) is 0 Å². The SMILES string of the molecule is Cc1nnc(N2CC(O)C2)s1. The predicted molar refractivity (Wildman–Crippen MR) is 42.9 cm³/mol. The van der Waals surface area contributed by atoms with E-state index in [0.717, 1.165) is 10.1 Å². The van der Waals surface area contributed by atoms with Crippen LogP contribution in [0.25, 0.3) is 0 Å². The Labute approximate surface area is 68.5 Å². The summed E-state index contributed by atoms with van der Waals surface area (Å²) < 4.78 is 0.